The molecule has 0 radical (unpaired) electrons. The van der Waals surface area contributed by atoms with E-state index in [9.17, 15) is 9.59 Å². The largest absolute Gasteiger partial charge is 0.465 e. The predicted octanol–water partition coefficient (Wildman–Crippen LogP) is 1.000. The molecule has 0 aliphatic heterocycles. The fourth-order valence-electron chi connectivity index (χ4n) is 1.02. The third-order valence-corrected chi connectivity index (χ3v) is 1.68. The highest BCUT2D eigenvalue weighted by atomic mass is 16.5. The molecule has 0 unspecified atom stereocenters. The van der Waals surface area contributed by atoms with Crippen LogP contribution in [0.5, 0.6) is 0 Å². The summed E-state index contributed by atoms with van der Waals surface area (Å²) < 4.78 is 4.51. The number of carbonyl (C=O) groups excluding carboxylic acids is 2. The van der Waals surface area contributed by atoms with E-state index in [0.29, 0.717) is 17.7 Å². The number of methoxy groups -OCH3 is 1. The van der Waals surface area contributed by atoms with E-state index < -0.39 is 5.97 Å². The van der Waals surface area contributed by atoms with Gasteiger partial charge in [-0.05, 0) is 19.1 Å². The Morgan fingerprint density at radius 1 is 1.43 bits per heavy atom. The molecule has 0 aliphatic rings. The minimum Gasteiger partial charge on any atom is -0.465 e. The summed E-state index contributed by atoms with van der Waals surface area (Å²) in [6, 6.07) is 3.24. The number of hydrogen-bond acceptors (Lipinski definition) is 4. The highest BCUT2D eigenvalue weighted by Crippen LogP contribution is 2.02. The number of nitrogens with zero attached hydrogens (tertiary/aromatic N) is 1. The van der Waals surface area contributed by atoms with Crippen molar-refractivity contribution in [3.8, 4) is 0 Å². The molecule has 4 nitrogen and oxygen atoms in total. The predicted molar refractivity (Wildman–Crippen MR) is 50.0 cm³/mol. The average molecular weight is 193 g/mol. The zero-order valence-corrected chi connectivity index (χ0v) is 8.11. The van der Waals surface area contributed by atoms with Crippen LogP contribution in [0, 0.1) is 0 Å². The van der Waals surface area contributed by atoms with Crippen molar-refractivity contribution in [2.24, 2.45) is 0 Å². The van der Waals surface area contributed by atoms with Crippen molar-refractivity contribution >= 4 is 11.8 Å². The molecule has 0 saturated carbocycles. The Morgan fingerprint density at radius 2 is 2.14 bits per heavy atom. The zero-order chi connectivity index (χ0) is 10.6. The average Bonchev–Trinajstić information content (AvgIpc) is 2.17. The molecule has 1 heterocycles. The van der Waals surface area contributed by atoms with E-state index in [-0.39, 0.29) is 5.78 Å². The molecule has 0 amide bonds. The van der Waals surface area contributed by atoms with Gasteiger partial charge >= 0.3 is 5.97 Å². The van der Waals surface area contributed by atoms with Gasteiger partial charge in [0.05, 0.1) is 12.7 Å². The van der Waals surface area contributed by atoms with Gasteiger partial charge in [-0.1, -0.05) is 0 Å². The van der Waals surface area contributed by atoms with Crippen molar-refractivity contribution in [2.45, 2.75) is 13.3 Å². The second kappa shape index (κ2) is 4.50. The summed E-state index contributed by atoms with van der Waals surface area (Å²) >= 11 is 0. The van der Waals surface area contributed by atoms with Crippen LogP contribution in [0.4, 0.5) is 0 Å². The van der Waals surface area contributed by atoms with Crippen LogP contribution < -0.4 is 0 Å². The number of ketones is 1. The maximum absolute atomic E-state index is 11.0. The van der Waals surface area contributed by atoms with E-state index >= 15 is 0 Å². The molecule has 74 valence electrons. The summed E-state index contributed by atoms with van der Waals surface area (Å²) in [5.41, 5.74) is 1.05. The maximum atomic E-state index is 11.0. The number of esters is 1. The van der Waals surface area contributed by atoms with Gasteiger partial charge in [0.15, 0.2) is 0 Å². The number of pyridine rings is 1. The summed E-state index contributed by atoms with van der Waals surface area (Å²) in [6.07, 6.45) is 1.70. The monoisotopic (exact) mass is 193 g/mol. The fourth-order valence-corrected chi connectivity index (χ4v) is 1.02. The van der Waals surface area contributed by atoms with E-state index in [1.807, 2.05) is 0 Å². The molecule has 14 heavy (non-hydrogen) atoms. The molecule has 0 aromatic carbocycles. The van der Waals surface area contributed by atoms with Gasteiger partial charge in [0.1, 0.15) is 5.78 Å². The molecule has 0 bridgehead atoms. The second-order valence-electron chi connectivity index (χ2n) is 2.91. The first kappa shape index (κ1) is 10.4. The lowest BCUT2D eigenvalue weighted by Gasteiger charge is -1.99. The quantitative estimate of drug-likeness (QED) is 0.672. The number of ether oxygens (including phenoxy) is 1. The Kier molecular flexibility index (Phi) is 3.34. The first-order chi connectivity index (χ1) is 6.63. The highest BCUT2D eigenvalue weighted by molar-refractivity contribution is 5.89. The van der Waals surface area contributed by atoms with Crippen LogP contribution in [0.2, 0.25) is 0 Å². The number of rotatable bonds is 3. The first-order valence-corrected chi connectivity index (χ1v) is 4.16. The molecule has 0 atom stereocenters. The van der Waals surface area contributed by atoms with E-state index in [2.05, 4.69) is 9.72 Å². The lowest BCUT2D eigenvalue weighted by Crippen LogP contribution is -2.04. The van der Waals surface area contributed by atoms with Gasteiger partial charge in [-0.15, -0.1) is 0 Å². The summed E-state index contributed by atoms with van der Waals surface area (Å²) in [6.45, 7) is 1.50. The van der Waals surface area contributed by atoms with E-state index in [1.165, 1.54) is 20.2 Å². The summed E-state index contributed by atoms with van der Waals surface area (Å²) in [7, 11) is 1.31. The standard InChI is InChI=1S/C10H11NO3/c1-7(12)5-9-4-3-8(6-11-9)10(13)14-2/h3-4,6H,5H2,1-2H3. The van der Waals surface area contributed by atoms with Crippen LogP contribution in [-0.2, 0) is 16.0 Å². The highest BCUT2D eigenvalue weighted by Gasteiger charge is 2.05. The SMILES string of the molecule is COC(=O)c1ccc(CC(C)=O)nc1. The van der Waals surface area contributed by atoms with Crippen molar-refractivity contribution in [3.63, 3.8) is 0 Å². The third-order valence-electron chi connectivity index (χ3n) is 1.68. The van der Waals surface area contributed by atoms with E-state index in [1.54, 1.807) is 12.1 Å². The Hall–Kier alpha value is -1.71. The zero-order valence-electron chi connectivity index (χ0n) is 8.11. The number of hydrogen-bond donors (Lipinski definition) is 0. The molecular weight excluding hydrogens is 182 g/mol. The molecule has 0 saturated heterocycles. The van der Waals surface area contributed by atoms with Crippen LogP contribution in [0.1, 0.15) is 23.0 Å². The fraction of sp³-hybridized carbons (Fsp3) is 0.300. The van der Waals surface area contributed by atoms with Gasteiger partial charge in [0, 0.05) is 18.3 Å². The molecule has 0 spiro atoms. The minimum absolute atomic E-state index is 0.0447. The Balaban J connectivity index is 2.78. The van der Waals surface area contributed by atoms with Gasteiger partial charge in [-0.3, -0.25) is 9.78 Å². The number of Topliss-reactive ketones (excluding diaryl/α,β-unsaturated/α-hetero) is 1. The van der Waals surface area contributed by atoms with Crippen molar-refractivity contribution < 1.29 is 14.3 Å². The molecule has 0 aliphatic carbocycles. The number of carbonyl (C=O) groups is 2. The topological polar surface area (TPSA) is 56.3 Å². The molecule has 0 N–H and O–H groups in total. The summed E-state index contributed by atoms with van der Waals surface area (Å²) in [4.78, 5) is 25.7. The van der Waals surface area contributed by atoms with Gasteiger partial charge in [0.2, 0.25) is 0 Å². The van der Waals surface area contributed by atoms with Crippen molar-refractivity contribution in [2.75, 3.05) is 7.11 Å². The summed E-state index contributed by atoms with van der Waals surface area (Å²) in [5, 5.41) is 0. The Morgan fingerprint density at radius 3 is 2.57 bits per heavy atom. The molecule has 1 aromatic heterocycles. The Bertz CT molecular complexity index is 343. The van der Waals surface area contributed by atoms with Gasteiger partial charge < -0.3 is 4.74 Å². The Labute approximate surface area is 81.9 Å². The van der Waals surface area contributed by atoms with E-state index in [4.69, 9.17) is 0 Å². The van der Waals surface area contributed by atoms with Gasteiger partial charge in [-0.2, -0.15) is 0 Å². The first-order valence-electron chi connectivity index (χ1n) is 4.16. The molecule has 0 fully saturated rings. The summed E-state index contributed by atoms with van der Waals surface area (Å²) in [5.74, 6) is -0.379. The van der Waals surface area contributed by atoms with Crippen LogP contribution in [0.3, 0.4) is 0 Å². The van der Waals surface area contributed by atoms with Crippen LogP contribution in [-0.4, -0.2) is 23.8 Å². The second-order valence-corrected chi connectivity index (χ2v) is 2.91. The van der Waals surface area contributed by atoms with Gasteiger partial charge in [0.25, 0.3) is 0 Å². The molecule has 1 rings (SSSR count). The van der Waals surface area contributed by atoms with Crippen LogP contribution >= 0.6 is 0 Å². The third kappa shape index (κ3) is 2.65. The molecule has 4 heteroatoms. The smallest absolute Gasteiger partial charge is 0.339 e. The van der Waals surface area contributed by atoms with Gasteiger partial charge in [-0.25, -0.2) is 4.79 Å². The molecular formula is C10H11NO3. The van der Waals surface area contributed by atoms with Crippen molar-refractivity contribution in [1.29, 1.82) is 0 Å². The normalized spacial score (nSPS) is 9.57. The van der Waals surface area contributed by atoms with Crippen LogP contribution in [0.25, 0.3) is 0 Å². The minimum atomic E-state index is -0.424. The van der Waals surface area contributed by atoms with Crippen molar-refractivity contribution in [1.82, 2.24) is 4.98 Å². The van der Waals surface area contributed by atoms with E-state index in [0.717, 1.165) is 0 Å². The number of aromatic nitrogens is 1. The van der Waals surface area contributed by atoms with Crippen LogP contribution in [0.15, 0.2) is 18.3 Å². The lowest BCUT2D eigenvalue weighted by atomic mass is 10.2. The molecule has 1 aromatic rings. The van der Waals surface area contributed by atoms with Crippen molar-refractivity contribution in [3.05, 3.63) is 29.6 Å². The maximum Gasteiger partial charge on any atom is 0.339 e. The lowest BCUT2D eigenvalue weighted by molar-refractivity contribution is -0.116.